The van der Waals surface area contributed by atoms with Crippen LogP contribution in [0, 0.1) is 10.1 Å². The maximum absolute atomic E-state index is 12.4. The Balaban J connectivity index is 1.82. The van der Waals surface area contributed by atoms with Crippen LogP contribution in [0.5, 0.6) is 0 Å². The molecule has 0 unspecified atom stereocenters. The summed E-state index contributed by atoms with van der Waals surface area (Å²) in [6.07, 6.45) is 6.06. The minimum Gasteiger partial charge on any atom is -0.347 e. The average molecular weight is 441 g/mol. The maximum Gasteiger partial charge on any atom is 0.294 e. The molecule has 0 saturated carbocycles. The Morgan fingerprint density at radius 2 is 2.00 bits per heavy atom. The standard InChI is InChI=1S/C16H10Cl2N4O3S2/c17-10-7-20-8-11(18)14(10)27-16-12(22(24)25)4-13(26-16)15(23)21-6-9-2-1-3-19-5-9/h1-5,7-8H,6H2,(H,21,23). The lowest BCUT2D eigenvalue weighted by Gasteiger charge is -2.04. The van der Waals surface area contributed by atoms with Gasteiger partial charge >= 0.3 is 0 Å². The van der Waals surface area contributed by atoms with Gasteiger partial charge < -0.3 is 5.32 Å². The second-order valence-corrected chi connectivity index (χ2v) is 8.26. The minimum absolute atomic E-state index is 0.180. The number of hydrogen-bond acceptors (Lipinski definition) is 7. The first-order valence-corrected chi connectivity index (χ1v) is 9.76. The number of carbonyl (C=O) groups excluding carboxylic acids is 1. The van der Waals surface area contributed by atoms with Crippen LogP contribution in [0.1, 0.15) is 15.2 Å². The molecule has 7 nitrogen and oxygen atoms in total. The fraction of sp³-hybridized carbons (Fsp3) is 0.0625. The smallest absolute Gasteiger partial charge is 0.294 e. The van der Waals surface area contributed by atoms with Gasteiger partial charge in [-0.25, -0.2) is 0 Å². The summed E-state index contributed by atoms with van der Waals surface area (Å²) >= 11 is 14.2. The fourth-order valence-corrected chi connectivity index (χ4v) is 4.82. The molecule has 0 radical (unpaired) electrons. The van der Waals surface area contributed by atoms with Gasteiger partial charge in [0.1, 0.15) is 9.09 Å². The van der Waals surface area contributed by atoms with Crippen LogP contribution in [0.25, 0.3) is 0 Å². The molecule has 0 aliphatic rings. The lowest BCUT2D eigenvalue weighted by molar-refractivity contribution is -0.387. The van der Waals surface area contributed by atoms with Crippen molar-refractivity contribution in [2.45, 2.75) is 15.6 Å². The van der Waals surface area contributed by atoms with Crippen LogP contribution in [0.15, 0.2) is 52.1 Å². The van der Waals surface area contributed by atoms with Gasteiger partial charge in [-0.2, -0.15) is 0 Å². The number of rotatable bonds is 6. The first-order valence-electron chi connectivity index (χ1n) is 7.38. The van der Waals surface area contributed by atoms with E-state index in [1.165, 1.54) is 18.5 Å². The number of nitrogens with one attached hydrogen (secondary N) is 1. The largest absolute Gasteiger partial charge is 0.347 e. The van der Waals surface area contributed by atoms with Gasteiger partial charge in [0.15, 0.2) is 0 Å². The van der Waals surface area contributed by atoms with Crippen LogP contribution in [0.4, 0.5) is 5.69 Å². The van der Waals surface area contributed by atoms with Crippen LogP contribution in [-0.4, -0.2) is 20.8 Å². The van der Waals surface area contributed by atoms with Crippen molar-refractivity contribution >= 4 is 57.9 Å². The van der Waals surface area contributed by atoms with E-state index in [-0.39, 0.29) is 27.2 Å². The van der Waals surface area contributed by atoms with Crippen molar-refractivity contribution in [3.63, 3.8) is 0 Å². The molecule has 1 N–H and O–H groups in total. The number of amides is 1. The van der Waals surface area contributed by atoms with Crippen molar-refractivity contribution in [2.75, 3.05) is 0 Å². The van der Waals surface area contributed by atoms with Crippen LogP contribution in [-0.2, 0) is 6.54 Å². The number of nitro groups is 1. The molecule has 0 aliphatic heterocycles. The van der Waals surface area contributed by atoms with E-state index in [1.807, 2.05) is 6.07 Å². The normalized spacial score (nSPS) is 10.6. The highest BCUT2D eigenvalue weighted by Gasteiger charge is 2.24. The SMILES string of the molecule is O=C(NCc1cccnc1)c1cc([N+](=O)[O-])c(Sc2c(Cl)cncc2Cl)s1. The zero-order chi connectivity index (χ0) is 19.4. The molecule has 0 saturated heterocycles. The van der Waals surface area contributed by atoms with E-state index in [9.17, 15) is 14.9 Å². The van der Waals surface area contributed by atoms with E-state index < -0.39 is 10.8 Å². The van der Waals surface area contributed by atoms with Crippen molar-refractivity contribution in [3.8, 4) is 0 Å². The van der Waals surface area contributed by atoms with Gasteiger partial charge in [0.2, 0.25) is 0 Å². The van der Waals surface area contributed by atoms with E-state index in [0.717, 1.165) is 28.7 Å². The van der Waals surface area contributed by atoms with Crippen molar-refractivity contribution < 1.29 is 9.72 Å². The highest BCUT2D eigenvalue weighted by Crippen LogP contribution is 2.45. The highest BCUT2D eigenvalue weighted by molar-refractivity contribution is 8.01. The average Bonchev–Trinajstić information content (AvgIpc) is 3.08. The fourth-order valence-electron chi connectivity index (χ4n) is 2.04. The molecule has 3 aromatic rings. The van der Waals surface area contributed by atoms with Gasteiger partial charge in [-0.05, 0) is 11.6 Å². The minimum atomic E-state index is -0.542. The Morgan fingerprint density at radius 1 is 1.26 bits per heavy atom. The monoisotopic (exact) mass is 440 g/mol. The Morgan fingerprint density at radius 3 is 2.63 bits per heavy atom. The van der Waals surface area contributed by atoms with Crippen molar-refractivity contribution in [2.24, 2.45) is 0 Å². The van der Waals surface area contributed by atoms with Crippen molar-refractivity contribution in [1.82, 2.24) is 15.3 Å². The Labute approximate surface area is 171 Å². The number of hydrogen-bond donors (Lipinski definition) is 1. The molecular formula is C16H10Cl2N4O3S2. The molecular weight excluding hydrogens is 431 g/mol. The molecule has 0 aliphatic carbocycles. The highest BCUT2D eigenvalue weighted by atomic mass is 35.5. The predicted molar refractivity (Wildman–Crippen MR) is 105 cm³/mol. The summed E-state index contributed by atoms with van der Waals surface area (Å²) in [5.41, 5.74) is 0.641. The summed E-state index contributed by atoms with van der Waals surface area (Å²) in [6, 6.07) is 4.82. The third kappa shape index (κ3) is 4.75. The van der Waals surface area contributed by atoms with Crippen LogP contribution in [0.2, 0.25) is 10.0 Å². The maximum atomic E-state index is 12.4. The van der Waals surface area contributed by atoms with E-state index in [1.54, 1.807) is 18.5 Å². The molecule has 11 heteroatoms. The van der Waals surface area contributed by atoms with E-state index in [4.69, 9.17) is 23.2 Å². The summed E-state index contributed by atoms with van der Waals surface area (Å²) in [4.78, 5) is 31.7. The summed E-state index contributed by atoms with van der Waals surface area (Å²) in [7, 11) is 0. The van der Waals surface area contributed by atoms with Crippen LogP contribution in [0.3, 0.4) is 0 Å². The summed E-state index contributed by atoms with van der Waals surface area (Å²) in [5, 5.41) is 14.6. The molecule has 27 heavy (non-hydrogen) atoms. The molecule has 1 amide bonds. The summed E-state index contributed by atoms with van der Waals surface area (Å²) in [5.74, 6) is -0.411. The molecule has 3 aromatic heterocycles. The molecule has 0 bridgehead atoms. The molecule has 0 fully saturated rings. The quantitative estimate of drug-likeness (QED) is 0.435. The molecule has 3 rings (SSSR count). The van der Waals surface area contributed by atoms with E-state index in [2.05, 4.69) is 15.3 Å². The van der Waals surface area contributed by atoms with Gasteiger partial charge in [-0.1, -0.05) is 41.0 Å². The lowest BCUT2D eigenvalue weighted by Crippen LogP contribution is -2.21. The predicted octanol–water partition coefficient (Wildman–Crippen LogP) is 4.83. The number of thiophene rings is 1. The van der Waals surface area contributed by atoms with Gasteiger partial charge in [-0.3, -0.25) is 24.9 Å². The van der Waals surface area contributed by atoms with E-state index >= 15 is 0 Å². The van der Waals surface area contributed by atoms with Gasteiger partial charge in [0.05, 0.1) is 19.9 Å². The van der Waals surface area contributed by atoms with Crippen molar-refractivity contribution in [3.05, 3.63) is 73.6 Å². The second-order valence-electron chi connectivity index (χ2n) is 5.12. The number of nitrogens with zero attached hydrogens (tertiary/aromatic N) is 3. The Bertz CT molecular complexity index is 978. The number of pyridine rings is 2. The number of aromatic nitrogens is 2. The van der Waals surface area contributed by atoms with Crippen LogP contribution < -0.4 is 5.32 Å². The second kappa shape index (κ2) is 8.66. The van der Waals surface area contributed by atoms with E-state index in [0.29, 0.717) is 9.10 Å². The lowest BCUT2D eigenvalue weighted by atomic mass is 10.3. The third-order valence-corrected chi connectivity index (χ3v) is 6.53. The number of carbonyl (C=O) groups is 1. The number of halogens is 2. The third-order valence-electron chi connectivity index (χ3n) is 3.28. The Kier molecular flexibility index (Phi) is 6.27. The first kappa shape index (κ1) is 19.6. The summed E-state index contributed by atoms with van der Waals surface area (Å²) < 4.78 is 0.307. The van der Waals surface area contributed by atoms with Crippen LogP contribution >= 0.6 is 46.3 Å². The van der Waals surface area contributed by atoms with Crippen molar-refractivity contribution in [1.29, 1.82) is 0 Å². The topological polar surface area (TPSA) is 98.0 Å². The van der Waals surface area contributed by atoms with Gasteiger partial charge in [-0.15, -0.1) is 11.3 Å². The zero-order valence-corrected chi connectivity index (χ0v) is 16.5. The molecule has 0 spiro atoms. The zero-order valence-electron chi connectivity index (χ0n) is 13.4. The first-order chi connectivity index (χ1) is 13.0. The van der Waals surface area contributed by atoms with Gasteiger partial charge in [0.25, 0.3) is 11.6 Å². The molecule has 0 aromatic carbocycles. The Hall–Kier alpha value is -2.20. The molecule has 3 heterocycles. The molecule has 0 atom stereocenters. The molecule has 138 valence electrons. The summed E-state index contributed by atoms with van der Waals surface area (Å²) in [6.45, 7) is 0.267. The van der Waals surface area contributed by atoms with Gasteiger partial charge in [0, 0.05) is 37.4 Å².